The average molecular weight is 578 g/mol. The van der Waals surface area contributed by atoms with Gasteiger partial charge in [0, 0.05) is 17.3 Å². The second-order valence-corrected chi connectivity index (χ2v) is 11.0. The molecule has 0 saturated carbocycles. The van der Waals surface area contributed by atoms with Crippen LogP contribution in [0.25, 0.3) is 28.0 Å². The Hall–Kier alpha value is -4.96. The minimum atomic E-state index is -0.498. The van der Waals surface area contributed by atoms with Crippen LogP contribution >= 0.6 is 11.3 Å². The molecule has 1 atom stereocenters. The van der Waals surface area contributed by atoms with E-state index in [-0.39, 0.29) is 12.2 Å². The number of rotatable bonds is 7. The van der Waals surface area contributed by atoms with Crippen LogP contribution in [0.1, 0.15) is 36.4 Å². The summed E-state index contributed by atoms with van der Waals surface area (Å²) in [5, 5.41) is 9.44. The van der Waals surface area contributed by atoms with Crippen molar-refractivity contribution in [2.45, 2.75) is 26.4 Å². The first-order chi connectivity index (χ1) is 20.6. The van der Waals surface area contributed by atoms with Gasteiger partial charge in [-0.05, 0) is 67.4 Å². The van der Waals surface area contributed by atoms with Gasteiger partial charge in [-0.2, -0.15) is 14.6 Å². The molecule has 1 unspecified atom stereocenters. The van der Waals surface area contributed by atoms with Gasteiger partial charge in [0.1, 0.15) is 18.1 Å². The summed E-state index contributed by atoms with van der Waals surface area (Å²) in [6, 6.07) is 23.4. The van der Waals surface area contributed by atoms with Gasteiger partial charge in [0.05, 0.1) is 16.8 Å². The van der Waals surface area contributed by atoms with E-state index < -0.39 is 6.10 Å². The average Bonchev–Trinajstić information content (AvgIpc) is 3.71. The highest BCUT2D eigenvalue weighted by Gasteiger charge is 2.27. The van der Waals surface area contributed by atoms with Crippen molar-refractivity contribution in [3.05, 3.63) is 111 Å². The molecular weight excluding hydrogens is 550 g/mol. The van der Waals surface area contributed by atoms with Crippen molar-refractivity contribution < 1.29 is 14.2 Å². The molecule has 42 heavy (non-hydrogen) atoms. The van der Waals surface area contributed by atoms with Crippen LogP contribution in [-0.2, 0) is 0 Å². The van der Waals surface area contributed by atoms with Crippen LogP contribution in [0.4, 0.5) is 0 Å². The number of ether oxygens (including phenoxy) is 3. The standard InChI is InChI=1S/C32H27N5O4S/c1-3-15-39-23-13-14-24(20(2)16-23)29-21(18-36(34-29)22-9-5-4-6-10-22)17-28-31(38)37-32(42-28)33-30(35-37)27-19-40-25-11-7-8-12-26(25)41-27/h4-14,16-18,27H,3,15,19H2,1-2H3. The lowest BCUT2D eigenvalue weighted by molar-refractivity contribution is 0.0852. The van der Waals surface area contributed by atoms with Gasteiger partial charge in [-0.1, -0.05) is 48.6 Å². The maximum atomic E-state index is 13.5. The normalized spacial score (nSPS) is 14.9. The van der Waals surface area contributed by atoms with Crippen LogP contribution in [0.5, 0.6) is 17.2 Å². The van der Waals surface area contributed by atoms with E-state index in [1.54, 1.807) is 0 Å². The highest BCUT2D eigenvalue weighted by molar-refractivity contribution is 7.15. The van der Waals surface area contributed by atoms with E-state index in [0.717, 1.165) is 40.2 Å². The van der Waals surface area contributed by atoms with Crippen molar-refractivity contribution in [2.75, 3.05) is 13.2 Å². The lowest BCUT2D eigenvalue weighted by atomic mass is 10.0. The predicted molar refractivity (Wildman–Crippen MR) is 161 cm³/mol. The molecule has 6 aromatic rings. The van der Waals surface area contributed by atoms with Crippen LogP contribution in [0.15, 0.2) is 83.8 Å². The van der Waals surface area contributed by atoms with Crippen LogP contribution in [-0.4, -0.2) is 37.6 Å². The molecule has 3 aromatic heterocycles. The van der Waals surface area contributed by atoms with Gasteiger partial charge in [0.15, 0.2) is 23.4 Å². The van der Waals surface area contributed by atoms with Gasteiger partial charge in [-0.3, -0.25) is 4.79 Å². The molecule has 0 aliphatic carbocycles. The van der Waals surface area contributed by atoms with Crippen molar-refractivity contribution in [2.24, 2.45) is 0 Å². The fourth-order valence-electron chi connectivity index (χ4n) is 4.90. The predicted octanol–water partition coefficient (Wildman–Crippen LogP) is 5.16. The monoisotopic (exact) mass is 577 g/mol. The van der Waals surface area contributed by atoms with Crippen molar-refractivity contribution in [3.8, 4) is 34.2 Å². The largest absolute Gasteiger partial charge is 0.494 e. The molecule has 4 heterocycles. The van der Waals surface area contributed by atoms with E-state index >= 15 is 0 Å². The van der Waals surface area contributed by atoms with Crippen molar-refractivity contribution >= 4 is 22.4 Å². The molecule has 0 fully saturated rings. The number of nitrogens with zero attached hydrogens (tertiary/aromatic N) is 5. The van der Waals surface area contributed by atoms with Gasteiger partial charge in [-0.25, -0.2) is 4.68 Å². The Morgan fingerprint density at radius 3 is 2.64 bits per heavy atom. The molecule has 0 bridgehead atoms. The second kappa shape index (κ2) is 10.8. The Morgan fingerprint density at radius 2 is 1.86 bits per heavy atom. The summed E-state index contributed by atoms with van der Waals surface area (Å²) >= 11 is 1.28. The first kappa shape index (κ1) is 26.0. The first-order valence-corrected chi connectivity index (χ1v) is 14.6. The molecule has 1 aliphatic heterocycles. The third-order valence-corrected chi connectivity index (χ3v) is 7.93. The molecule has 0 spiro atoms. The number of para-hydroxylation sites is 3. The number of hydrogen-bond donors (Lipinski definition) is 0. The Kier molecular flexibility index (Phi) is 6.67. The number of hydrogen-bond acceptors (Lipinski definition) is 8. The Morgan fingerprint density at radius 1 is 1.05 bits per heavy atom. The van der Waals surface area contributed by atoms with Gasteiger partial charge in [0.25, 0.3) is 5.56 Å². The number of fused-ring (bicyclic) bond motifs is 2. The summed E-state index contributed by atoms with van der Waals surface area (Å²) in [6.45, 7) is 5.05. The van der Waals surface area contributed by atoms with E-state index in [9.17, 15) is 4.79 Å². The molecule has 10 heteroatoms. The van der Waals surface area contributed by atoms with Crippen LogP contribution in [0, 0.1) is 6.92 Å². The molecule has 3 aromatic carbocycles. The summed E-state index contributed by atoms with van der Waals surface area (Å²) in [6.07, 6.45) is 4.25. The highest BCUT2D eigenvalue weighted by atomic mass is 32.1. The smallest absolute Gasteiger partial charge is 0.291 e. The lowest BCUT2D eigenvalue weighted by Crippen LogP contribution is -2.26. The van der Waals surface area contributed by atoms with Gasteiger partial charge in [0.2, 0.25) is 4.96 Å². The summed E-state index contributed by atoms with van der Waals surface area (Å²) in [7, 11) is 0. The summed E-state index contributed by atoms with van der Waals surface area (Å²) in [5.74, 6) is 2.55. The Labute approximate surface area is 245 Å². The first-order valence-electron chi connectivity index (χ1n) is 13.8. The molecule has 0 amide bonds. The molecule has 0 radical (unpaired) electrons. The Balaban J connectivity index is 1.28. The van der Waals surface area contributed by atoms with Gasteiger partial charge < -0.3 is 14.2 Å². The number of thiazole rings is 1. The zero-order valence-electron chi connectivity index (χ0n) is 23.1. The number of aryl methyl sites for hydroxylation is 1. The van der Waals surface area contributed by atoms with Crippen LogP contribution < -0.4 is 24.3 Å². The molecule has 210 valence electrons. The minimum Gasteiger partial charge on any atom is -0.494 e. The quantitative estimate of drug-likeness (QED) is 0.259. The van der Waals surface area contributed by atoms with Crippen molar-refractivity contribution in [3.63, 3.8) is 0 Å². The van der Waals surface area contributed by atoms with E-state index in [1.807, 2.05) is 96.7 Å². The molecule has 0 saturated heterocycles. The zero-order valence-corrected chi connectivity index (χ0v) is 23.9. The second-order valence-electron chi connectivity index (χ2n) is 9.98. The summed E-state index contributed by atoms with van der Waals surface area (Å²) < 4.78 is 21.4. The number of aromatic nitrogens is 5. The van der Waals surface area contributed by atoms with Crippen LogP contribution in [0.2, 0.25) is 0 Å². The summed E-state index contributed by atoms with van der Waals surface area (Å²) in [5.41, 5.74) is 4.25. The maximum absolute atomic E-state index is 13.5. The minimum absolute atomic E-state index is 0.246. The van der Waals surface area contributed by atoms with Crippen molar-refractivity contribution in [1.82, 2.24) is 24.4 Å². The van der Waals surface area contributed by atoms with E-state index in [0.29, 0.717) is 33.4 Å². The van der Waals surface area contributed by atoms with Gasteiger partial charge in [-0.15, -0.1) is 5.10 Å². The molecular formula is C32H27N5O4S. The fraction of sp³-hybridized carbons (Fsp3) is 0.188. The lowest BCUT2D eigenvalue weighted by Gasteiger charge is -2.24. The topological polar surface area (TPSA) is 92.8 Å². The van der Waals surface area contributed by atoms with E-state index in [2.05, 4.69) is 17.0 Å². The van der Waals surface area contributed by atoms with Crippen molar-refractivity contribution in [1.29, 1.82) is 0 Å². The molecule has 9 nitrogen and oxygen atoms in total. The fourth-order valence-corrected chi connectivity index (χ4v) is 5.81. The van der Waals surface area contributed by atoms with E-state index in [1.165, 1.54) is 15.9 Å². The Bertz CT molecular complexity index is 2010. The maximum Gasteiger partial charge on any atom is 0.291 e. The number of benzene rings is 3. The van der Waals surface area contributed by atoms with E-state index in [4.69, 9.17) is 19.3 Å². The summed E-state index contributed by atoms with van der Waals surface area (Å²) in [4.78, 5) is 18.6. The third-order valence-electron chi connectivity index (χ3n) is 6.97. The van der Waals surface area contributed by atoms with Gasteiger partial charge >= 0.3 is 0 Å². The highest BCUT2D eigenvalue weighted by Crippen LogP contribution is 2.35. The third kappa shape index (κ3) is 4.79. The van der Waals surface area contributed by atoms with Crippen LogP contribution in [0.3, 0.4) is 0 Å². The SMILES string of the molecule is CCCOc1ccc(-c2nn(-c3ccccc3)cc2C=c2sc3nc(C4COc5ccccc5O4)nn3c2=O)c(C)c1. The molecule has 0 N–H and O–H groups in total. The molecule has 1 aliphatic rings. The molecule has 7 rings (SSSR count). The zero-order chi connectivity index (χ0) is 28.6.